The molecule has 2 aromatic rings. The van der Waals surface area contributed by atoms with Crippen molar-refractivity contribution in [3.05, 3.63) is 60.2 Å². The van der Waals surface area contributed by atoms with E-state index in [1.807, 2.05) is 18.2 Å². The number of amides is 1. The second-order valence-electron chi connectivity index (χ2n) is 9.90. The summed E-state index contributed by atoms with van der Waals surface area (Å²) < 4.78 is 5.35. The molecule has 0 saturated carbocycles. The Morgan fingerprint density at radius 1 is 1.11 bits per heavy atom. The first kappa shape index (κ1) is 28.1. The first-order valence-electron chi connectivity index (χ1n) is 13.4. The average Bonchev–Trinajstić information content (AvgIpc) is 3.04. The van der Waals surface area contributed by atoms with Gasteiger partial charge in [0.15, 0.2) is 0 Å². The summed E-state index contributed by atoms with van der Waals surface area (Å²) in [6.45, 7) is 4.61. The van der Waals surface area contributed by atoms with Crippen molar-refractivity contribution in [1.82, 2.24) is 10.2 Å². The van der Waals surface area contributed by atoms with Crippen LogP contribution in [0.3, 0.4) is 0 Å². The number of carboxylic acid groups (broad SMARTS) is 1. The predicted molar refractivity (Wildman–Crippen MR) is 148 cm³/mol. The number of fused-ring (bicyclic) bond motifs is 1. The number of anilines is 1. The smallest absolute Gasteiger partial charge is 0.323 e. The highest BCUT2D eigenvalue weighted by atomic mass is 32.2. The summed E-state index contributed by atoms with van der Waals surface area (Å²) in [7, 11) is 0. The van der Waals surface area contributed by atoms with Crippen LogP contribution in [0.2, 0.25) is 0 Å². The van der Waals surface area contributed by atoms with Gasteiger partial charge in [0.05, 0.1) is 18.3 Å². The number of hydrogen-bond acceptors (Lipinski definition) is 7. The molecular formula is C29H37N3O5S. The second-order valence-corrected chi connectivity index (χ2v) is 11.0. The maximum absolute atomic E-state index is 13.5. The van der Waals surface area contributed by atoms with Gasteiger partial charge >= 0.3 is 11.9 Å². The van der Waals surface area contributed by atoms with Gasteiger partial charge in [-0.25, -0.2) is 0 Å². The van der Waals surface area contributed by atoms with Crippen molar-refractivity contribution in [2.24, 2.45) is 5.92 Å². The minimum Gasteiger partial charge on any atom is -0.480 e. The Morgan fingerprint density at radius 3 is 2.53 bits per heavy atom. The molecule has 1 fully saturated rings. The number of carbonyl (C=O) groups is 3. The number of rotatable bonds is 11. The Hall–Kier alpha value is -2.88. The molecule has 0 unspecified atom stereocenters. The van der Waals surface area contributed by atoms with Crippen LogP contribution in [0.15, 0.2) is 59.5 Å². The van der Waals surface area contributed by atoms with Gasteiger partial charge in [0, 0.05) is 17.2 Å². The van der Waals surface area contributed by atoms with Crippen LogP contribution in [0, 0.1) is 5.92 Å². The second kappa shape index (κ2) is 13.8. The van der Waals surface area contributed by atoms with Gasteiger partial charge in [-0.1, -0.05) is 42.5 Å². The number of carbonyl (C=O) groups excluding carboxylic acids is 2. The van der Waals surface area contributed by atoms with E-state index in [-0.39, 0.29) is 18.5 Å². The summed E-state index contributed by atoms with van der Waals surface area (Å²) in [6, 6.07) is 16.5. The molecule has 0 radical (unpaired) electrons. The topological polar surface area (TPSA) is 99.2 Å². The van der Waals surface area contributed by atoms with Crippen LogP contribution in [0.25, 0.3) is 0 Å². The molecule has 0 aliphatic carbocycles. The van der Waals surface area contributed by atoms with E-state index in [9.17, 15) is 19.5 Å². The lowest BCUT2D eigenvalue weighted by Crippen LogP contribution is -2.54. The van der Waals surface area contributed by atoms with Crippen LogP contribution in [-0.4, -0.2) is 71.9 Å². The van der Waals surface area contributed by atoms with Gasteiger partial charge in [0.1, 0.15) is 12.6 Å². The third-order valence-electron chi connectivity index (χ3n) is 7.21. The lowest BCUT2D eigenvalue weighted by molar-refractivity contribution is -0.146. The van der Waals surface area contributed by atoms with Crippen LogP contribution in [-0.2, 0) is 25.7 Å². The largest absolute Gasteiger partial charge is 0.480 e. The molecule has 2 aliphatic rings. The number of para-hydroxylation sites is 1. The fourth-order valence-corrected chi connectivity index (χ4v) is 6.29. The summed E-state index contributed by atoms with van der Waals surface area (Å²) in [5.74, 6) is -0.876. The number of carboxylic acids is 1. The number of nitrogens with one attached hydrogen (secondary N) is 1. The van der Waals surface area contributed by atoms with Gasteiger partial charge in [-0.05, 0) is 69.3 Å². The van der Waals surface area contributed by atoms with E-state index in [1.54, 1.807) is 19.1 Å². The van der Waals surface area contributed by atoms with E-state index in [1.165, 1.54) is 22.2 Å². The molecule has 1 saturated heterocycles. The van der Waals surface area contributed by atoms with E-state index in [0.29, 0.717) is 23.8 Å². The summed E-state index contributed by atoms with van der Waals surface area (Å²) >= 11 is 1.49. The predicted octanol–water partition coefficient (Wildman–Crippen LogP) is 3.79. The lowest BCUT2D eigenvalue weighted by Gasteiger charge is -2.33. The van der Waals surface area contributed by atoms with Crippen LogP contribution in [0.4, 0.5) is 5.69 Å². The number of ether oxygens (including phenoxy) is 1. The molecule has 8 nitrogen and oxygen atoms in total. The standard InChI is InChI=1S/C29H37N3O5S/c1-2-37-29(36)23(13-12-21-14-16-31(17-15-21)18-22-8-4-3-5-9-22)30-24-20-38-26-11-7-6-10-25(26)32(28(24)35)19-27(33)34/h3-11,21,23-24,30H,2,12-20H2,1H3,(H,33,34)/t23-,24-/m0/s1. The Balaban J connectivity index is 1.37. The van der Waals surface area contributed by atoms with Crippen LogP contribution >= 0.6 is 11.8 Å². The third-order valence-corrected chi connectivity index (χ3v) is 8.37. The normalized spacial score (nSPS) is 19.4. The zero-order valence-corrected chi connectivity index (χ0v) is 22.7. The number of esters is 1. The molecule has 204 valence electrons. The molecule has 2 N–H and O–H groups in total. The quantitative estimate of drug-likeness (QED) is 0.416. The molecule has 2 heterocycles. The number of piperidine rings is 1. The van der Waals surface area contributed by atoms with Crippen molar-refractivity contribution < 1.29 is 24.2 Å². The average molecular weight is 540 g/mol. The van der Waals surface area contributed by atoms with Crippen LogP contribution in [0.5, 0.6) is 0 Å². The highest BCUT2D eigenvalue weighted by Gasteiger charge is 2.35. The molecule has 2 atom stereocenters. The van der Waals surface area contributed by atoms with E-state index < -0.39 is 24.6 Å². The zero-order valence-electron chi connectivity index (χ0n) is 21.9. The molecule has 4 rings (SSSR count). The van der Waals surface area contributed by atoms with Gasteiger partial charge in [-0.2, -0.15) is 0 Å². The first-order valence-corrected chi connectivity index (χ1v) is 14.4. The van der Waals surface area contributed by atoms with Crippen molar-refractivity contribution in [2.45, 2.75) is 56.1 Å². The Morgan fingerprint density at radius 2 is 1.82 bits per heavy atom. The minimum absolute atomic E-state index is 0.263. The lowest BCUT2D eigenvalue weighted by atomic mass is 9.90. The van der Waals surface area contributed by atoms with Gasteiger partial charge in [0.25, 0.3) is 0 Å². The van der Waals surface area contributed by atoms with Crippen molar-refractivity contribution in [3.8, 4) is 0 Å². The zero-order chi connectivity index (χ0) is 26.9. The van der Waals surface area contributed by atoms with Crippen molar-refractivity contribution >= 4 is 35.3 Å². The highest BCUT2D eigenvalue weighted by Crippen LogP contribution is 2.34. The van der Waals surface area contributed by atoms with Crippen molar-refractivity contribution in [3.63, 3.8) is 0 Å². The fourth-order valence-electron chi connectivity index (χ4n) is 5.20. The van der Waals surface area contributed by atoms with E-state index in [2.05, 4.69) is 34.5 Å². The van der Waals surface area contributed by atoms with Crippen LogP contribution < -0.4 is 10.2 Å². The number of likely N-dealkylation sites (tertiary alicyclic amines) is 1. The molecule has 38 heavy (non-hydrogen) atoms. The summed E-state index contributed by atoms with van der Waals surface area (Å²) in [6.07, 6.45) is 3.58. The SMILES string of the molecule is CCOC(=O)[C@H](CCC1CCN(Cc2ccccc2)CC1)N[C@H]1CSc2ccccc2N(CC(=O)O)C1=O. The maximum Gasteiger partial charge on any atom is 0.323 e. The Labute approximate surface area is 228 Å². The number of thioether (sulfide) groups is 1. The summed E-state index contributed by atoms with van der Waals surface area (Å²) in [4.78, 5) is 42.6. The summed E-state index contributed by atoms with van der Waals surface area (Å²) in [5, 5.41) is 12.7. The Bertz CT molecular complexity index is 1090. The minimum atomic E-state index is -1.08. The molecule has 2 aliphatic heterocycles. The highest BCUT2D eigenvalue weighted by molar-refractivity contribution is 7.99. The first-order chi connectivity index (χ1) is 18.4. The van der Waals surface area contributed by atoms with Gasteiger partial charge in [-0.3, -0.25) is 29.5 Å². The number of benzene rings is 2. The molecule has 0 bridgehead atoms. The Kier molecular flexibility index (Phi) is 10.2. The molecular weight excluding hydrogens is 502 g/mol. The van der Waals surface area contributed by atoms with Crippen molar-refractivity contribution in [1.29, 1.82) is 0 Å². The molecule has 2 aromatic carbocycles. The number of nitrogens with zero attached hydrogens (tertiary/aromatic N) is 2. The van der Waals surface area contributed by atoms with Gasteiger partial charge in [-0.15, -0.1) is 11.8 Å². The molecule has 0 spiro atoms. The fraction of sp³-hybridized carbons (Fsp3) is 0.483. The molecule has 0 aromatic heterocycles. The van der Waals surface area contributed by atoms with Gasteiger partial charge in [0.2, 0.25) is 5.91 Å². The van der Waals surface area contributed by atoms with E-state index in [0.717, 1.165) is 43.8 Å². The molecule has 1 amide bonds. The monoisotopic (exact) mass is 539 g/mol. The third kappa shape index (κ3) is 7.58. The van der Waals surface area contributed by atoms with E-state index in [4.69, 9.17) is 4.74 Å². The number of hydrogen-bond donors (Lipinski definition) is 2. The maximum atomic E-state index is 13.5. The number of aliphatic carboxylic acids is 1. The van der Waals surface area contributed by atoms with E-state index >= 15 is 0 Å². The van der Waals surface area contributed by atoms with Crippen LogP contribution in [0.1, 0.15) is 38.2 Å². The summed E-state index contributed by atoms with van der Waals surface area (Å²) in [5.41, 5.74) is 1.91. The molecule has 9 heteroatoms. The van der Waals surface area contributed by atoms with Gasteiger partial charge < -0.3 is 9.84 Å². The van der Waals surface area contributed by atoms with Crippen molar-refractivity contribution in [2.75, 3.05) is 36.9 Å².